The van der Waals surface area contributed by atoms with Crippen molar-refractivity contribution in [3.8, 4) is 0 Å². The molecule has 0 amide bonds. The second-order valence-corrected chi connectivity index (χ2v) is 6.71. The third-order valence-corrected chi connectivity index (χ3v) is 4.79. The summed E-state index contributed by atoms with van der Waals surface area (Å²) in [7, 11) is 0. The van der Waals surface area contributed by atoms with Crippen molar-refractivity contribution < 1.29 is 18.9 Å². The number of rotatable bonds is 8. The molecule has 2 aliphatic heterocycles. The number of nitrogens with one attached hydrogen (secondary N) is 1. The third-order valence-electron chi connectivity index (χ3n) is 4.55. The van der Waals surface area contributed by atoms with Gasteiger partial charge in [-0.2, -0.15) is 0 Å². The van der Waals surface area contributed by atoms with Gasteiger partial charge in [0.05, 0.1) is 18.9 Å². The zero-order valence-electron chi connectivity index (χ0n) is 15.8. The second-order valence-electron chi connectivity index (χ2n) is 6.49. The van der Waals surface area contributed by atoms with Crippen LogP contribution in [0, 0.1) is 0 Å². The minimum atomic E-state index is -0.298. The van der Waals surface area contributed by atoms with Crippen LogP contribution in [0.4, 0.5) is 0 Å². The lowest BCUT2D eigenvalue weighted by Gasteiger charge is -2.25. The average molecular weight is 408 g/mol. The van der Waals surface area contributed by atoms with Gasteiger partial charge in [0.2, 0.25) is 0 Å². The molecule has 0 spiro atoms. The largest absolute Gasteiger partial charge is 0.494 e. The molecule has 152 valence electrons. The molecule has 0 aromatic rings. The summed E-state index contributed by atoms with van der Waals surface area (Å²) in [4.78, 5) is 8.67. The van der Waals surface area contributed by atoms with Crippen LogP contribution in [0.1, 0.15) is 19.3 Å². The zero-order valence-corrected chi connectivity index (χ0v) is 16.5. The van der Waals surface area contributed by atoms with E-state index < -0.39 is 0 Å². The van der Waals surface area contributed by atoms with Crippen LogP contribution >= 0.6 is 11.6 Å². The van der Waals surface area contributed by atoms with E-state index in [4.69, 9.17) is 30.5 Å². The van der Waals surface area contributed by atoms with E-state index in [1.165, 1.54) is 11.9 Å². The van der Waals surface area contributed by atoms with Gasteiger partial charge in [-0.15, -0.1) is 6.58 Å². The Hall–Kier alpha value is -1.93. The van der Waals surface area contributed by atoms with E-state index in [9.17, 15) is 0 Å². The highest BCUT2D eigenvalue weighted by Gasteiger charge is 2.29. The first-order chi connectivity index (χ1) is 13.8. The summed E-state index contributed by atoms with van der Waals surface area (Å²) in [5.74, 6) is 0.931. The molecule has 2 saturated heterocycles. The molecule has 2 fully saturated rings. The Balaban J connectivity index is 1.43. The van der Waals surface area contributed by atoms with Crippen LogP contribution in [-0.4, -0.2) is 57.0 Å². The van der Waals surface area contributed by atoms with Crippen LogP contribution in [0.3, 0.4) is 0 Å². The molecule has 1 aliphatic carbocycles. The van der Waals surface area contributed by atoms with Gasteiger partial charge in [0.1, 0.15) is 43.9 Å². The summed E-state index contributed by atoms with van der Waals surface area (Å²) >= 11 is 5.89. The van der Waals surface area contributed by atoms with E-state index in [-0.39, 0.29) is 25.1 Å². The first-order valence-electron chi connectivity index (χ1n) is 9.36. The van der Waals surface area contributed by atoms with Gasteiger partial charge in [-0.25, -0.2) is 4.99 Å². The molecule has 0 saturated carbocycles. The van der Waals surface area contributed by atoms with Gasteiger partial charge < -0.3 is 24.3 Å². The Morgan fingerprint density at radius 1 is 1.36 bits per heavy atom. The van der Waals surface area contributed by atoms with Crippen molar-refractivity contribution in [3.05, 3.63) is 47.9 Å². The molecule has 0 radical (unpaired) electrons. The lowest BCUT2D eigenvalue weighted by molar-refractivity contribution is -0.00454. The molecule has 2 unspecified atom stereocenters. The molecule has 3 rings (SSSR count). The van der Waals surface area contributed by atoms with E-state index in [0.717, 1.165) is 37.5 Å². The molecule has 0 aromatic heterocycles. The fraction of sp³-hybridized carbons (Fsp3) is 0.500. The molecular weight excluding hydrogens is 382 g/mol. The molecule has 3 aliphatic rings. The summed E-state index contributed by atoms with van der Waals surface area (Å²) in [5, 5.41) is 3.12. The van der Waals surface area contributed by atoms with Crippen LogP contribution in [-0.2, 0) is 18.9 Å². The van der Waals surface area contributed by atoms with Gasteiger partial charge in [0.25, 0.3) is 0 Å². The summed E-state index contributed by atoms with van der Waals surface area (Å²) in [6.07, 6.45) is 11.3. The van der Waals surface area contributed by atoms with Gasteiger partial charge in [-0.1, -0.05) is 23.8 Å². The smallest absolute Gasteiger partial charge is 0.148 e. The van der Waals surface area contributed by atoms with Crippen LogP contribution in [0.25, 0.3) is 0 Å². The normalized spacial score (nSPS) is 28.0. The van der Waals surface area contributed by atoms with Gasteiger partial charge >= 0.3 is 0 Å². The number of nitrogens with zero attached hydrogens (tertiary/aromatic N) is 2. The maximum Gasteiger partial charge on any atom is 0.148 e. The maximum absolute atomic E-state index is 6.05. The van der Waals surface area contributed by atoms with Crippen LogP contribution < -0.4 is 5.32 Å². The molecule has 7 nitrogen and oxygen atoms in total. The second kappa shape index (κ2) is 11.2. The minimum Gasteiger partial charge on any atom is -0.494 e. The highest BCUT2D eigenvalue weighted by Crippen LogP contribution is 2.21. The average Bonchev–Trinajstić information content (AvgIpc) is 3.20. The molecule has 2 atom stereocenters. The van der Waals surface area contributed by atoms with Crippen LogP contribution in [0.5, 0.6) is 0 Å². The van der Waals surface area contributed by atoms with Crippen molar-refractivity contribution in [1.82, 2.24) is 5.32 Å². The predicted octanol–water partition coefficient (Wildman–Crippen LogP) is 3.05. The molecule has 0 aromatic carbocycles. The van der Waals surface area contributed by atoms with Crippen molar-refractivity contribution in [2.24, 2.45) is 9.98 Å². The molecule has 28 heavy (non-hydrogen) atoms. The van der Waals surface area contributed by atoms with Crippen LogP contribution in [0.2, 0.25) is 0 Å². The SMILES string of the molecule is C=CC1OCOC1/C(=C/Cl)NCN=CN=C1C=CC=C(OC2CCOCC2)C1. The third kappa shape index (κ3) is 6.04. The summed E-state index contributed by atoms with van der Waals surface area (Å²) in [6, 6.07) is 0. The first kappa shape index (κ1) is 20.8. The first-order valence-corrected chi connectivity index (χ1v) is 9.80. The number of hydrogen-bond acceptors (Lipinski definition) is 6. The van der Waals surface area contributed by atoms with Crippen molar-refractivity contribution in [2.75, 3.05) is 26.7 Å². The van der Waals surface area contributed by atoms with Crippen molar-refractivity contribution in [2.45, 2.75) is 37.6 Å². The quantitative estimate of drug-likeness (QED) is 0.380. The van der Waals surface area contributed by atoms with E-state index in [2.05, 4.69) is 21.9 Å². The zero-order chi connectivity index (χ0) is 19.6. The summed E-state index contributed by atoms with van der Waals surface area (Å²) in [6.45, 7) is 5.80. The highest BCUT2D eigenvalue weighted by molar-refractivity contribution is 6.25. The molecule has 1 N–H and O–H groups in total. The van der Waals surface area contributed by atoms with Crippen molar-refractivity contribution >= 4 is 23.7 Å². The van der Waals surface area contributed by atoms with Crippen molar-refractivity contribution in [1.29, 1.82) is 0 Å². The minimum absolute atomic E-state index is 0.215. The fourth-order valence-electron chi connectivity index (χ4n) is 3.07. The maximum atomic E-state index is 6.05. The molecule has 0 bridgehead atoms. The number of allylic oxidation sites excluding steroid dienone is 4. The van der Waals surface area contributed by atoms with Crippen LogP contribution in [0.15, 0.2) is 57.9 Å². The standard InChI is InChI=1S/C20H26ClN3O4/c1-2-19-20(27-14-26-19)18(11-21)24-13-22-12-23-15-4-3-5-17(10-15)28-16-6-8-25-9-7-16/h2-5,11-12,16,19-20,24H,1,6-10,13-14H2/b18-11-,22-12?,23-15?. The van der Waals surface area contributed by atoms with E-state index in [1.807, 2.05) is 18.2 Å². The van der Waals surface area contributed by atoms with E-state index in [0.29, 0.717) is 18.8 Å². The molecule has 8 heteroatoms. The number of hydrogen-bond donors (Lipinski definition) is 1. The van der Waals surface area contributed by atoms with Crippen molar-refractivity contribution in [3.63, 3.8) is 0 Å². The number of aliphatic imine (C=N–C) groups is 2. The number of ether oxygens (including phenoxy) is 4. The fourth-order valence-corrected chi connectivity index (χ4v) is 3.27. The van der Waals surface area contributed by atoms with E-state index >= 15 is 0 Å². The van der Waals surface area contributed by atoms with Gasteiger partial charge in [-0.3, -0.25) is 4.99 Å². The lowest BCUT2D eigenvalue weighted by Crippen LogP contribution is -2.31. The Morgan fingerprint density at radius 3 is 3.00 bits per heavy atom. The molecule has 2 heterocycles. The highest BCUT2D eigenvalue weighted by atomic mass is 35.5. The Labute approximate surface area is 170 Å². The Morgan fingerprint density at radius 2 is 2.21 bits per heavy atom. The number of halogens is 1. The molecular formula is C20H26ClN3O4. The monoisotopic (exact) mass is 407 g/mol. The summed E-state index contributed by atoms with van der Waals surface area (Å²) < 4.78 is 22.3. The summed E-state index contributed by atoms with van der Waals surface area (Å²) in [5.41, 5.74) is 3.04. The lowest BCUT2D eigenvalue weighted by atomic mass is 10.1. The Kier molecular flexibility index (Phi) is 8.29. The van der Waals surface area contributed by atoms with E-state index in [1.54, 1.807) is 6.08 Å². The van der Waals surface area contributed by atoms with Gasteiger partial charge in [-0.05, 0) is 12.2 Å². The topological polar surface area (TPSA) is 73.7 Å². The van der Waals surface area contributed by atoms with Gasteiger partial charge in [0.15, 0.2) is 0 Å². The predicted molar refractivity (Wildman–Crippen MR) is 109 cm³/mol. The Bertz CT molecular complexity index is 681. The van der Waals surface area contributed by atoms with Gasteiger partial charge in [0, 0.05) is 30.5 Å².